The second kappa shape index (κ2) is 6.33. The minimum absolute atomic E-state index is 0.0590. The van der Waals surface area contributed by atoms with E-state index >= 15 is 0 Å². The Kier molecular flexibility index (Phi) is 4.34. The molecule has 0 amide bonds. The van der Waals surface area contributed by atoms with E-state index in [0.717, 1.165) is 23.6 Å². The summed E-state index contributed by atoms with van der Waals surface area (Å²) in [5.41, 5.74) is 2.41. The van der Waals surface area contributed by atoms with Crippen LogP contribution < -0.4 is 0 Å². The highest BCUT2D eigenvalue weighted by Gasteiger charge is 2.20. The van der Waals surface area contributed by atoms with Gasteiger partial charge in [0, 0.05) is 47.2 Å². The third-order valence-electron chi connectivity index (χ3n) is 3.83. The molecule has 2 heterocycles. The van der Waals surface area contributed by atoms with Gasteiger partial charge in [-0.25, -0.2) is 17.2 Å². The molecule has 0 saturated heterocycles. The van der Waals surface area contributed by atoms with Crippen LogP contribution in [-0.2, 0) is 9.84 Å². The van der Waals surface area contributed by atoms with Crippen molar-refractivity contribution in [2.75, 3.05) is 6.26 Å². The lowest BCUT2D eigenvalue weighted by molar-refractivity contribution is 0.557. The van der Waals surface area contributed by atoms with Crippen LogP contribution in [0.15, 0.2) is 53.8 Å². The van der Waals surface area contributed by atoms with Crippen LogP contribution in [-0.4, -0.2) is 24.6 Å². The molecular weight excluding hydrogens is 346 g/mol. The van der Waals surface area contributed by atoms with Gasteiger partial charge in [0.25, 0.3) is 0 Å². The summed E-state index contributed by atoms with van der Waals surface area (Å²) in [6, 6.07) is 6.84. The van der Waals surface area contributed by atoms with Crippen molar-refractivity contribution in [2.24, 2.45) is 0 Å². The number of aryl methyl sites for hydroxylation is 1. The van der Waals surface area contributed by atoms with Crippen LogP contribution in [0.4, 0.5) is 8.78 Å². The molecule has 4 nitrogen and oxygen atoms in total. The Morgan fingerprint density at radius 2 is 1.68 bits per heavy atom. The van der Waals surface area contributed by atoms with Crippen LogP contribution in [0.5, 0.6) is 0 Å². The highest BCUT2D eigenvalue weighted by Crippen LogP contribution is 2.35. The number of aromatic nitrogens is 2. The Labute approximate surface area is 144 Å². The maximum Gasteiger partial charge on any atom is 0.178 e. The third kappa shape index (κ3) is 3.28. The normalized spacial score (nSPS) is 11.5. The Morgan fingerprint density at radius 1 is 0.920 bits per heavy atom. The van der Waals surface area contributed by atoms with Crippen molar-refractivity contribution < 1.29 is 17.2 Å². The first-order valence-corrected chi connectivity index (χ1v) is 9.23. The van der Waals surface area contributed by atoms with Crippen LogP contribution >= 0.6 is 0 Å². The number of benzene rings is 1. The summed E-state index contributed by atoms with van der Waals surface area (Å²) in [7, 11) is -3.86. The van der Waals surface area contributed by atoms with Gasteiger partial charge in [-0.15, -0.1) is 0 Å². The van der Waals surface area contributed by atoms with Crippen molar-refractivity contribution in [1.82, 2.24) is 9.97 Å². The van der Waals surface area contributed by atoms with Gasteiger partial charge in [0.15, 0.2) is 9.84 Å². The molecule has 0 aliphatic heterocycles. The molecule has 0 spiro atoms. The first-order valence-electron chi connectivity index (χ1n) is 7.34. The first kappa shape index (κ1) is 17.2. The fraction of sp³-hybridized carbons (Fsp3) is 0.111. The smallest absolute Gasteiger partial charge is 0.178 e. The average Bonchev–Trinajstić information content (AvgIpc) is 2.56. The fourth-order valence-electron chi connectivity index (χ4n) is 2.63. The summed E-state index contributed by atoms with van der Waals surface area (Å²) in [4.78, 5) is 7.53. The summed E-state index contributed by atoms with van der Waals surface area (Å²) in [6.45, 7) is 1.81. The number of pyridine rings is 2. The monoisotopic (exact) mass is 360 g/mol. The SMILES string of the molecule is Cc1ncccc1-c1ccncc1-c1cc(F)c(S(C)(=O)=O)cc1F. The quantitative estimate of drug-likeness (QED) is 0.713. The van der Waals surface area contributed by atoms with Gasteiger partial charge in [0.2, 0.25) is 0 Å². The van der Waals surface area contributed by atoms with Crippen molar-refractivity contribution >= 4 is 9.84 Å². The number of sulfone groups is 1. The van der Waals surface area contributed by atoms with E-state index in [-0.39, 0.29) is 5.56 Å². The maximum atomic E-state index is 14.6. The van der Waals surface area contributed by atoms with Gasteiger partial charge in [-0.1, -0.05) is 6.07 Å². The standard InChI is InChI=1S/C18H14F2N2O2S/c1-11-12(4-3-6-22-11)13-5-7-21-10-15(13)14-8-17(20)18(9-16(14)19)25(2,23)24/h3-10H,1-2H3. The molecule has 3 aromatic rings. The van der Waals surface area contributed by atoms with E-state index in [9.17, 15) is 17.2 Å². The van der Waals surface area contributed by atoms with Gasteiger partial charge in [0.1, 0.15) is 16.5 Å². The summed E-state index contributed by atoms with van der Waals surface area (Å²) in [5.74, 6) is -1.84. The van der Waals surface area contributed by atoms with Gasteiger partial charge in [-0.2, -0.15) is 0 Å². The molecule has 25 heavy (non-hydrogen) atoms. The zero-order valence-electron chi connectivity index (χ0n) is 13.5. The maximum absolute atomic E-state index is 14.6. The van der Waals surface area contributed by atoms with Crippen molar-refractivity contribution in [3.8, 4) is 22.3 Å². The molecule has 0 aliphatic carbocycles. The van der Waals surface area contributed by atoms with E-state index < -0.39 is 26.4 Å². The summed E-state index contributed by atoms with van der Waals surface area (Å²) in [6.07, 6.45) is 5.43. The predicted octanol–water partition coefficient (Wildman–Crippen LogP) is 3.80. The van der Waals surface area contributed by atoms with Crippen molar-refractivity contribution in [2.45, 2.75) is 11.8 Å². The molecule has 7 heteroatoms. The second-order valence-corrected chi connectivity index (χ2v) is 7.58. The molecule has 128 valence electrons. The van der Waals surface area contributed by atoms with E-state index in [0.29, 0.717) is 17.2 Å². The average molecular weight is 360 g/mol. The Morgan fingerprint density at radius 3 is 2.36 bits per heavy atom. The molecule has 0 saturated carbocycles. The lowest BCUT2D eigenvalue weighted by Gasteiger charge is -2.13. The van der Waals surface area contributed by atoms with Crippen LogP contribution in [0.25, 0.3) is 22.3 Å². The minimum atomic E-state index is -3.86. The number of hydrogen-bond donors (Lipinski definition) is 0. The second-order valence-electron chi connectivity index (χ2n) is 5.59. The third-order valence-corrected chi connectivity index (χ3v) is 4.94. The molecule has 0 aliphatic rings. The molecule has 0 atom stereocenters. The molecule has 3 rings (SSSR count). The largest absolute Gasteiger partial charge is 0.264 e. The molecule has 0 bridgehead atoms. The van der Waals surface area contributed by atoms with Gasteiger partial charge in [0.05, 0.1) is 0 Å². The topological polar surface area (TPSA) is 59.9 Å². The van der Waals surface area contributed by atoms with Crippen LogP contribution in [0.1, 0.15) is 5.69 Å². The molecule has 2 aromatic heterocycles. The molecule has 0 N–H and O–H groups in total. The Balaban J connectivity index is 2.26. The number of hydrogen-bond acceptors (Lipinski definition) is 4. The van der Waals surface area contributed by atoms with Crippen LogP contribution in [0.2, 0.25) is 0 Å². The molecular formula is C18H14F2N2O2S. The zero-order chi connectivity index (χ0) is 18.2. The van der Waals surface area contributed by atoms with E-state index in [4.69, 9.17) is 0 Å². The molecule has 0 radical (unpaired) electrons. The summed E-state index contributed by atoms with van der Waals surface area (Å²) < 4.78 is 51.9. The Hall–Kier alpha value is -2.67. The number of halogens is 2. The zero-order valence-corrected chi connectivity index (χ0v) is 14.3. The first-order chi connectivity index (χ1) is 11.8. The van der Waals surface area contributed by atoms with Crippen molar-refractivity contribution in [3.63, 3.8) is 0 Å². The molecule has 0 unspecified atom stereocenters. The number of nitrogens with zero attached hydrogens (tertiary/aromatic N) is 2. The molecule has 0 fully saturated rings. The van der Waals surface area contributed by atoms with E-state index in [1.54, 1.807) is 24.5 Å². The number of rotatable bonds is 3. The Bertz CT molecular complexity index is 1070. The minimum Gasteiger partial charge on any atom is -0.264 e. The van der Waals surface area contributed by atoms with Gasteiger partial charge >= 0.3 is 0 Å². The summed E-state index contributed by atoms with van der Waals surface area (Å²) in [5, 5.41) is 0. The van der Waals surface area contributed by atoms with E-state index in [2.05, 4.69) is 9.97 Å². The van der Waals surface area contributed by atoms with Gasteiger partial charge < -0.3 is 0 Å². The van der Waals surface area contributed by atoms with Gasteiger partial charge in [-0.05, 0) is 36.8 Å². The summed E-state index contributed by atoms with van der Waals surface area (Å²) >= 11 is 0. The van der Waals surface area contributed by atoms with E-state index in [1.165, 1.54) is 6.20 Å². The molecule has 1 aromatic carbocycles. The fourth-order valence-corrected chi connectivity index (χ4v) is 3.36. The lowest BCUT2D eigenvalue weighted by Crippen LogP contribution is -2.03. The highest BCUT2D eigenvalue weighted by molar-refractivity contribution is 7.90. The lowest BCUT2D eigenvalue weighted by atomic mass is 9.95. The highest BCUT2D eigenvalue weighted by atomic mass is 32.2. The van der Waals surface area contributed by atoms with Crippen LogP contribution in [0, 0.1) is 18.6 Å². The predicted molar refractivity (Wildman–Crippen MR) is 90.7 cm³/mol. The van der Waals surface area contributed by atoms with Gasteiger partial charge in [-0.3, -0.25) is 9.97 Å². The van der Waals surface area contributed by atoms with Crippen molar-refractivity contribution in [1.29, 1.82) is 0 Å². The van der Waals surface area contributed by atoms with Crippen molar-refractivity contribution in [3.05, 3.63) is 66.3 Å². The van der Waals surface area contributed by atoms with Crippen LogP contribution in [0.3, 0.4) is 0 Å². The van der Waals surface area contributed by atoms with E-state index in [1.807, 2.05) is 13.0 Å².